The van der Waals surface area contributed by atoms with Gasteiger partial charge < -0.3 is 5.11 Å². The second-order valence-corrected chi connectivity index (χ2v) is 6.18. The van der Waals surface area contributed by atoms with E-state index >= 15 is 0 Å². The topological polar surface area (TPSA) is 40.5 Å². The van der Waals surface area contributed by atoms with Crippen molar-refractivity contribution in [3.05, 3.63) is 35.4 Å². The van der Waals surface area contributed by atoms with Crippen LogP contribution in [0.15, 0.2) is 18.2 Å². The van der Waals surface area contributed by atoms with E-state index in [1.165, 1.54) is 6.07 Å². The Labute approximate surface area is 123 Å². The van der Waals surface area contributed by atoms with Crippen LogP contribution in [0, 0.1) is 23.0 Å². The molecule has 1 fully saturated rings. The van der Waals surface area contributed by atoms with Gasteiger partial charge in [0, 0.05) is 18.2 Å². The van der Waals surface area contributed by atoms with E-state index in [1.807, 2.05) is 18.7 Å². The number of nitrogens with zero attached hydrogens (tertiary/aromatic N) is 1. The molecule has 1 N–H and O–H groups in total. The largest absolute Gasteiger partial charge is 0.481 e. The van der Waals surface area contributed by atoms with Gasteiger partial charge in [-0.1, -0.05) is 13.8 Å². The van der Waals surface area contributed by atoms with E-state index in [0.717, 1.165) is 12.1 Å². The van der Waals surface area contributed by atoms with E-state index in [2.05, 4.69) is 0 Å². The maximum Gasteiger partial charge on any atom is 0.311 e. The number of hydrogen-bond acceptors (Lipinski definition) is 2. The lowest BCUT2D eigenvalue weighted by Crippen LogP contribution is -2.39. The first-order valence-corrected chi connectivity index (χ1v) is 7.20. The second-order valence-electron chi connectivity index (χ2n) is 6.18. The minimum Gasteiger partial charge on any atom is -0.481 e. The van der Waals surface area contributed by atoms with Crippen molar-refractivity contribution in [3.63, 3.8) is 0 Å². The summed E-state index contributed by atoms with van der Waals surface area (Å²) in [5.74, 6) is -1.76. The minimum absolute atomic E-state index is 0.00967. The Bertz CT molecular complexity index is 547. The Hall–Kier alpha value is -1.49. The highest BCUT2D eigenvalue weighted by Gasteiger charge is 2.48. The molecule has 0 saturated carbocycles. The van der Waals surface area contributed by atoms with E-state index in [4.69, 9.17) is 0 Å². The monoisotopic (exact) mass is 297 g/mol. The van der Waals surface area contributed by atoms with Crippen LogP contribution in [0.2, 0.25) is 0 Å². The zero-order valence-electron chi connectivity index (χ0n) is 12.6. The van der Waals surface area contributed by atoms with Crippen LogP contribution in [-0.4, -0.2) is 29.1 Å². The number of likely N-dealkylation sites (tertiary alicyclic amines) is 1. The summed E-state index contributed by atoms with van der Waals surface area (Å²) in [4.78, 5) is 13.6. The molecule has 0 aliphatic carbocycles. The molecule has 2 unspecified atom stereocenters. The van der Waals surface area contributed by atoms with E-state index in [0.29, 0.717) is 19.5 Å². The summed E-state index contributed by atoms with van der Waals surface area (Å²) in [5.41, 5.74) is -0.530. The third kappa shape index (κ3) is 2.79. The molecule has 1 aliphatic rings. The zero-order chi connectivity index (χ0) is 15.8. The Morgan fingerprint density at radius 2 is 2.00 bits per heavy atom. The molecule has 3 nitrogen and oxygen atoms in total. The molecule has 1 heterocycles. The van der Waals surface area contributed by atoms with E-state index in [9.17, 15) is 18.7 Å². The minimum atomic E-state index is -0.813. The van der Waals surface area contributed by atoms with Gasteiger partial charge in [0.1, 0.15) is 11.6 Å². The normalized spacial score (nSPS) is 24.5. The van der Waals surface area contributed by atoms with E-state index < -0.39 is 23.0 Å². The van der Waals surface area contributed by atoms with E-state index in [-0.39, 0.29) is 17.5 Å². The van der Waals surface area contributed by atoms with Gasteiger partial charge in [-0.3, -0.25) is 9.69 Å². The molecule has 116 valence electrons. The van der Waals surface area contributed by atoms with Crippen molar-refractivity contribution in [2.24, 2.45) is 11.3 Å². The predicted molar refractivity (Wildman–Crippen MR) is 75.9 cm³/mol. The smallest absolute Gasteiger partial charge is 0.311 e. The van der Waals surface area contributed by atoms with Gasteiger partial charge in [-0.2, -0.15) is 0 Å². The molecule has 0 radical (unpaired) electrons. The van der Waals surface area contributed by atoms with Crippen molar-refractivity contribution in [2.75, 3.05) is 13.1 Å². The first kappa shape index (κ1) is 15.9. The first-order chi connectivity index (χ1) is 9.78. The van der Waals surface area contributed by atoms with Crippen LogP contribution in [0.1, 0.15) is 38.8 Å². The molecule has 1 aliphatic heterocycles. The molecule has 2 rings (SSSR count). The van der Waals surface area contributed by atoms with Gasteiger partial charge in [-0.15, -0.1) is 0 Å². The number of benzene rings is 1. The third-order valence-corrected chi connectivity index (χ3v) is 4.82. The number of hydrogen-bond donors (Lipinski definition) is 1. The molecule has 1 aromatic rings. The summed E-state index contributed by atoms with van der Waals surface area (Å²) < 4.78 is 27.2. The van der Waals surface area contributed by atoms with Crippen LogP contribution in [0.4, 0.5) is 8.78 Å². The lowest BCUT2D eigenvalue weighted by Gasteiger charge is -2.31. The fourth-order valence-electron chi connectivity index (χ4n) is 3.12. The van der Waals surface area contributed by atoms with Gasteiger partial charge in [-0.25, -0.2) is 8.78 Å². The van der Waals surface area contributed by atoms with Crippen molar-refractivity contribution in [2.45, 2.75) is 33.2 Å². The highest BCUT2D eigenvalue weighted by Crippen LogP contribution is 2.41. The molecule has 0 aromatic heterocycles. The van der Waals surface area contributed by atoms with Gasteiger partial charge >= 0.3 is 5.97 Å². The van der Waals surface area contributed by atoms with Crippen LogP contribution < -0.4 is 0 Å². The molecule has 0 bridgehead atoms. The summed E-state index contributed by atoms with van der Waals surface area (Å²) in [6, 6.07) is 3.05. The molecular formula is C16H21F2NO2. The van der Waals surface area contributed by atoms with Gasteiger partial charge in [0.2, 0.25) is 0 Å². The Kier molecular flexibility index (Phi) is 4.33. The van der Waals surface area contributed by atoms with Gasteiger partial charge in [0.25, 0.3) is 0 Å². The fourth-order valence-corrected chi connectivity index (χ4v) is 3.12. The Morgan fingerprint density at radius 3 is 2.52 bits per heavy atom. The Morgan fingerprint density at radius 1 is 1.33 bits per heavy atom. The third-order valence-electron chi connectivity index (χ3n) is 4.82. The summed E-state index contributed by atoms with van der Waals surface area (Å²) in [7, 11) is 0. The molecule has 0 amide bonds. The highest BCUT2D eigenvalue weighted by molar-refractivity contribution is 5.75. The van der Waals surface area contributed by atoms with Crippen LogP contribution >= 0.6 is 0 Å². The molecule has 1 saturated heterocycles. The van der Waals surface area contributed by atoms with E-state index in [1.54, 1.807) is 6.92 Å². The summed E-state index contributed by atoms with van der Waals surface area (Å²) >= 11 is 0. The quantitative estimate of drug-likeness (QED) is 0.925. The molecule has 1 aromatic carbocycles. The molecule has 2 atom stereocenters. The average Bonchev–Trinajstić information content (AvgIpc) is 2.87. The van der Waals surface area contributed by atoms with Gasteiger partial charge in [0.15, 0.2) is 0 Å². The van der Waals surface area contributed by atoms with Crippen LogP contribution in [0.5, 0.6) is 0 Å². The molecular weight excluding hydrogens is 276 g/mol. The highest BCUT2D eigenvalue weighted by atomic mass is 19.1. The van der Waals surface area contributed by atoms with Crippen LogP contribution in [0.25, 0.3) is 0 Å². The van der Waals surface area contributed by atoms with Crippen molar-refractivity contribution >= 4 is 5.97 Å². The van der Waals surface area contributed by atoms with Crippen molar-refractivity contribution in [3.8, 4) is 0 Å². The average molecular weight is 297 g/mol. The number of aliphatic carboxylic acids is 1. The zero-order valence-corrected chi connectivity index (χ0v) is 12.6. The summed E-state index contributed by atoms with van der Waals surface area (Å²) in [5, 5.41) is 9.54. The summed E-state index contributed by atoms with van der Waals surface area (Å²) in [6.45, 7) is 6.50. The van der Waals surface area contributed by atoms with Gasteiger partial charge in [0.05, 0.1) is 5.41 Å². The van der Waals surface area contributed by atoms with Crippen molar-refractivity contribution < 1.29 is 18.7 Å². The van der Waals surface area contributed by atoms with Crippen LogP contribution in [0.3, 0.4) is 0 Å². The van der Waals surface area contributed by atoms with Crippen molar-refractivity contribution in [1.82, 2.24) is 4.90 Å². The van der Waals surface area contributed by atoms with Gasteiger partial charge in [-0.05, 0) is 44.0 Å². The molecule has 21 heavy (non-hydrogen) atoms. The number of carboxylic acid groups (broad SMARTS) is 1. The number of carboxylic acids is 1. The second kappa shape index (κ2) is 5.72. The number of rotatable bonds is 4. The standard InChI is InChI=1S/C16H21F2NO2/c1-10(2)16(15(20)21)6-7-19(9-16)11(3)13-8-12(17)4-5-14(13)18/h4-5,8,10-11H,6-7,9H2,1-3H3,(H,20,21). The maximum absolute atomic E-state index is 13.9. The number of halogens is 2. The maximum atomic E-state index is 13.9. The number of carbonyl (C=O) groups is 1. The van der Waals surface area contributed by atoms with Crippen LogP contribution in [-0.2, 0) is 4.79 Å². The lowest BCUT2D eigenvalue weighted by atomic mass is 9.76. The lowest BCUT2D eigenvalue weighted by molar-refractivity contribution is -0.151. The first-order valence-electron chi connectivity index (χ1n) is 7.20. The summed E-state index contributed by atoms with van der Waals surface area (Å²) in [6.07, 6.45) is 0.529. The molecule has 5 heteroatoms. The molecule has 0 spiro atoms. The Balaban J connectivity index is 2.24. The fraction of sp³-hybridized carbons (Fsp3) is 0.562. The van der Waals surface area contributed by atoms with Crippen molar-refractivity contribution in [1.29, 1.82) is 0 Å². The SMILES string of the molecule is CC(c1cc(F)ccc1F)N1CCC(C(=O)O)(C(C)C)C1. The predicted octanol–water partition coefficient (Wildman–Crippen LogP) is 3.46.